The van der Waals surface area contributed by atoms with Gasteiger partial charge in [-0.15, -0.1) is 0 Å². The monoisotopic (exact) mass is 437 g/mol. The summed E-state index contributed by atoms with van der Waals surface area (Å²) in [4.78, 5) is 34.5. The molecule has 9 nitrogen and oxygen atoms in total. The van der Waals surface area contributed by atoms with Crippen LogP contribution in [0.15, 0.2) is 43.0 Å². The van der Waals surface area contributed by atoms with Crippen LogP contribution in [0.4, 0.5) is 22.1 Å². The van der Waals surface area contributed by atoms with Gasteiger partial charge in [0, 0.05) is 37.1 Å². The van der Waals surface area contributed by atoms with E-state index in [4.69, 9.17) is 21.3 Å². The molecule has 1 saturated heterocycles. The number of carbonyl (C=O) groups is 1. The van der Waals surface area contributed by atoms with Gasteiger partial charge in [0.05, 0.1) is 29.6 Å². The highest BCUT2D eigenvalue weighted by Crippen LogP contribution is 2.39. The number of fused-ring (bicyclic) bond motifs is 4. The van der Waals surface area contributed by atoms with Crippen LogP contribution in [0.5, 0.6) is 5.88 Å². The second-order valence-electron chi connectivity index (χ2n) is 7.42. The Morgan fingerprint density at radius 3 is 3.00 bits per heavy atom. The molecule has 3 aromatic heterocycles. The van der Waals surface area contributed by atoms with E-state index in [0.717, 1.165) is 37.2 Å². The minimum Gasteiger partial charge on any atom is -0.481 e. The minimum absolute atomic E-state index is 0.0187. The highest BCUT2D eigenvalue weighted by Gasteiger charge is 2.38. The van der Waals surface area contributed by atoms with Crippen LogP contribution >= 0.6 is 11.6 Å². The van der Waals surface area contributed by atoms with E-state index in [9.17, 15) is 4.79 Å². The van der Waals surface area contributed by atoms with Crippen LogP contribution in [0, 0.1) is 0 Å². The average molecular weight is 438 g/mol. The fourth-order valence-electron chi connectivity index (χ4n) is 4.09. The number of nitrogens with zero attached hydrogens (tertiary/aromatic N) is 6. The largest absolute Gasteiger partial charge is 0.481 e. The lowest BCUT2D eigenvalue weighted by Crippen LogP contribution is -2.56. The number of rotatable bonds is 3. The Balaban J connectivity index is 1.53. The van der Waals surface area contributed by atoms with Crippen molar-refractivity contribution in [3.63, 3.8) is 0 Å². The molecule has 3 aromatic rings. The molecule has 0 saturated carbocycles. The molecule has 10 heteroatoms. The third kappa shape index (κ3) is 3.72. The first-order chi connectivity index (χ1) is 15.1. The first kappa shape index (κ1) is 19.5. The van der Waals surface area contributed by atoms with E-state index in [1.165, 1.54) is 13.4 Å². The number of amides is 2. The zero-order chi connectivity index (χ0) is 21.4. The SMILES string of the molecule is COc1cc(NC(=O)N2c3nc(-c4cncc(Cl)c4)ccc3N3CCC[C@H]2C3)ncn1. The third-order valence-electron chi connectivity index (χ3n) is 5.49. The summed E-state index contributed by atoms with van der Waals surface area (Å²) in [7, 11) is 1.52. The van der Waals surface area contributed by atoms with Crippen molar-refractivity contribution < 1.29 is 9.53 Å². The summed E-state index contributed by atoms with van der Waals surface area (Å²) in [5.41, 5.74) is 2.43. The molecule has 5 rings (SSSR count). The Bertz CT molecular complexity index is 1140. The van der Waals surface area contributed by atoms with Gasteiger partial charge in [-0.05, 0) is 31.0 Å². The number of ether oxygens (including phenoxy) is 1. The predicted octanol–water partition coefficient (Wildman–Crippen LogP) is 3.62. The highest BCUT2D eigenvalue weighted by atomic mass is 35.5. The third-order valence-corrected chi connectivity index (χ3v) is 5.70. The van der Waals surface area contributed by atoms with E-state index in [-0.39, 0.29) is 12.1 Å². The van der Waals surface area contributed by atoms with Crippen molar-refractivity contribution >= 4 is 35.0 Å². The number of carbonyl (C=O) groups excluding carboxylic acids is 1. The molecule has 2 amide bonds. The topological polar surface area (TPSA) is 96.4 Å². The normalized spacial score (nSPS) is 17.2. The zero-order valence-electron chi connectivity index (χ0n) is 16.8. The van der Waals surface area contributed by atoms with Crippen LogP contribution in [-0.4, -0.2) is 52.2 Å². The lowest BCUT2D eigenvalue weighted by atomic mass is 9.99. The number of piperidine rings is 1. The molecule has 2 aliphatic heterocycles. The fraction of sp³-hybridized carbons (Fsp3) is 0.286. The molecule has 5 heterocycles. The van der Waals surface area contributed by atoms with E-state index >= 15 is 0 Å². The maximum absolute atomic E-state index is 13.4. The molecule has 158 valence electrons. The van der Waals surface area contributed by atoms with Gasteiger partial charge in [0.1, 0.15) is 12.1 Å². The summed E-state index contributed by atoms with van der Waals surface area (Å²) in [6, 6.07) is 7.07. The lowest BCUT2D eigenvalue weighted by molar-refractivity contribution is 0.252. The van der Waals surface area contributed by atoms with Gasteiger partial charge in [0.15, 0.2) is 5.82 Å². The number of halogens is 1. The molecule has 0 aliphatic carbocycles. The second kappa shape index (κ2) is 7.99. The first-order valence-electron chi connectivity index (χ1n) is 9.95. The van der Waals surface area contributed by atoms with Crippen molar-refractivity contribution in [2.24, 2.45) is 0 Å². The molecule has 0 aromatic carbocycles. The maximum atomic E-state index is 13.4. The number of methoxy groups -OCH3 is 1. The van der Waals surface area contributed by atoms with Gasteiger partial charge in [-0.25, -0.2) is 19.7 Å². The van der Waals surface area contributed by atoms with Crippen molar-refractivity contribution in [2.75, 3.05) is 35.3 Å². The molecule has 1 N–H and O–H groups in total. The molecule has 1 atom stereocenters. The second-order valence-corrected chi connectivity index (χ2v) is 7.86. The quantitative estimate of drug-likeness (QED) is 0.668. The van der Waals surface area contributed by atoms with Gasteiger partial charge in [0.25, 0.3) is 0 Å². The van der Waals surface area contributed by atoms with Crippen LogP contribution in [-0.2, 0) is 0 Å². The zero-order valence-corrected chi connectivity index (χ0v) is 17.6. The molecule has 1 fully saturated rings. The molecule has 2 bridgehead atoms. The standard InChI is InChI=1S/C21H20ClN7O2/c1-31-19-8-18(24-12-25-19)27-21(30)29-15-3-2-6-28(11-15)17-5-4-16(26-20(17)29)13-7-14(22)10-23-9-13/h4-5,7-10,12,15H,2-3,6,11H2,1H3,(H,24,25,27,30)/t15-/m0/s1. The Morgan fingerprint density at radius 1 is 1.26 bits per heavy atom. The van der Waals surface area contributed by atoms with Crippen molar-refractivity contribution in [3.8, 4) is 17.1 Å². The van der Waals surface area contributed by atoms with Crippen LogP contribution < -0.4 is 19.9 Å². The number of pyridine rings is 2. The fourth-order valence-corrected chi connectivity index (χ4v) is 4.26. The van der Waals surface area contributed by atoms with E-state index in [1.54, 1.807) is 23.4 Å². The van der Waals surface area contributed by atoms with Gasteiger partial charge >= 0.3 is 6.03 Å². The summed E-state index contributed by atoms with van der Waals surface area (Å²) >= 11 is 6.11. The predicted molar refractivity (Wildman–Crippen MR) is 118 cm³/mol. The van der Waals surface area contributed by atoms with Crippen LogP contribution in [0.2, 0.25) is 5.02 Å². The Kier molecular flexibility index (Phi) is 5.03. The van der Waals surface area contributed by atoms with Gasteiger partial charge < -0.3 is 9.64 Å². The summed E-state index contributed by atoms with van der Waals surface area (Å²) in [5.74, 6) is 1.36. The van der Waals surface area contributed by atoms with E-state index in [2.05, 4.69) is 25.2 Å². The molecule has 0 spiro atoms. The Labute approximate surface area is 184 Å². The lowest BCUT2D eigenvalue weighted by Gasteiger charge is -2.45. The minimum atomic E-state index is -0.289. The van der Waals surface area contributed by atoms with Crippen molar-refractivity contribution in [2.45, 2.75) is 18.9 Å². The number of urea groups is 1. The van der Waals surface area contributed by atoms with Crippen molar-refractivity contribution in [1.29, 1.82) is 0 Å². The number of hydrogen-bond donors (Lipinski definition) is 1. The average Bonchev–Trinajstić information content (AvgIpc) is 2.79. The molecule has 2 aliphatic rings. The molecular formula is C21H20ClN7O2. The highest BCUT2D eigenvalue weighted by molar-refractivity contribution is 6.30. The number of aromatic nitrogens is 4. The van der Waals surface area contributed by atoms with E-state index in [0.29, 0.717) is 28.2 Å². The maximum Gasteiger partial charge on any atom is 0.329 e. The Morgan fingerprint density at radius 2 is 2.16 bits per heavy atom. The number of hydrogen-bond acceptors (Lipinski definition) is 7. The first-order valence-corrected chi connectivity index (χ1v) is 10.3. The van der Waals surface area contributed by atoms with Gasteiger partial charge in [-0.1, -0.05) is 11.6 Å². The number of nitrogens with one attached hydrogen (secondary N) is 1. The van der Waals surface area contributed by atoms with E-state index in [1.807, 2.05) is 18.2 Å². The van der Waals surface area contributed by atoms with Crippen LogP contribution in [0.25, 0.3) is 11.3 Å². The van der Waals surface area contributed by atoms with E-state index < -0.39 is 0 Å². The van der Waals surface area contributed by atoms with Crippen LogP contribution in [0.1, 0.15) is 12.8 Å². The smallest absolute Gasteiger partial charge is 0.329 e. The summed E-state index contributed by atoms with van der Waals surface area (Å²) < 4.78 is 5.13. The molecule has 0 unspecified atom stereocenters. The molecular weight excluding hydrogens is 418 g/mol. The van der Waals surface area contributed by atoms with Gasteiger partial charge in [-0.2, -0.15) is 0 Å². The molecule has 31 heavy (non-hydrogen) atoms. The number of anilines is 3. The van der Waals surface area contributed by atoms with Gasteiger partial charge in [-0.3, -0.25) is 15.2 Å². The summed E-state index contributed by atoms with van der Waals surface area (Å²) in [6.07, 6.45) is 6.55. The summed E-state index contributed by atoms with van der Waals surface area (Å²) in [6.45, 7) is 1.72. The van der Waals surface area contributed by atoms with Crippen molar-refractivity contribution in [3.05, 3.63) is 48.0 Å². The molecule has 0 radical (unpaired) electrons. The van der Waals surface area contributed by atoms with Crippen LogP contribution in [0.3, 0.4) is 0 Å². The van der Waals surface area contributed by atoms with Gasteiger partial charge in [0.2, 0.25) is 5.88 Å². The van der Waals surface area contributed by atoms with Crippen molar-refractivity contribution in [1.82, 2.24) is 19.9 Å². The Hall–Kier alpha value is -3.46. The summed E-state index contributed by atoms with van der Waals surface area (Å²) in [5, 5.41) is 3.40.